The topological polar surface area (TPSA) is 154 Å². The van der Waals surface area contributed by atoms with Gasteiger partial charge in [0, 0.05) is 11.6 Å². The lowest BCUT2D eigenvalue weighted by atomic mass is 9.77. The second-order valence-electron chi connectivity index (χ2n) is 14.3. The van der Waals surface area contributed by atoms with Crippen LogP contribution in [0.2, 0.25) is 0 Å². The second-order valence-corrected chi connectivity index (χ2v) is 14.3. The number of nitro groups is 1. The van der Waals surface area contributed by atoms with Gasteiger partial charge in [0.2, 0.25) is 0 Å². The molecule has 1 heterocycles. The van der Waals surface area contributed by atoms with Gasteiger partial charge in [0.15, 0.2) is 5.82 Å². The predicted octanol–water partition coefficient (Wildman–Crippen LogP) is 9.40. The van der Waals surface area contributed by atoms with Crippen LogP contribution in [0.4, 0.5) is 16.2 Å². The van der Waals surface area contributed by atoms with Crippen LogP contribution in [0.5, 0.6) is 0 Å². The highest BCUT2D eigenvalue weighted by Gasteiger charge is 2.42. The highest BCUT2D eigenvalue weighted by Crippen LogP contribution is 2.43. The van der Waals surface area contributed by atoms with Crippen LogP contribution in [0.15, 0.2) is 158 Å². The Labute approximate surface area is 328 Å². The van der Waals surface area contributed by atoms with E-state index in [4.69, 9.17) is 9.95 Å². The SMILES string of the molecule is CC(C)(C)OC(=O)N(Cc1ccc(-c2ccccc2-c2nnnn2C(c2ccccc2)(c2ccccc2)c2ccccc2)cc1)c1c(C(=O)O)cccc1[N+](=O)[O-]. The molecule has 1 amide bonds. The summed E-state index contributed by atoms with van der Waals surface area (Å²) in [7, 11) is 0. The molecule has 284 valence electrons. The van der Waals surface area contributed by atoms with Gasteiger partial charge in [-0.25, -0.2) is 14.3 Å². The third-order valence-corrected chi connectivity index (χ3v) is 9.46. The van der Waals surface area contributed by atoms with Crippen LogP contribution in [0.25, 0.3) is 22.5 Å². The predicted molar refractivity (Wildman–Crippen MR) is 216 cm³/mol. The highest BCUT2D eigenvalue weighted by molar-refractivity contribution is 6.03. The minimum atomic E-state index is -1.42. The largest absolute Gasteiger partial charge is 0.478 e. The summed E-state index contributed by atoms with van der Waals surface area (Å²) < 4.78 is 7.50. The molecule has 0 atom stereocenters. The quantitative estimate of drug-likeness (QED) is 0.0772. The van der Waals surface area contributed by atoms with E-state index in [1.807, 2.05) is 95.7 Å². The molecule has 0 saturated heterocycles. The Hall–Kier alpha value is -7.47. The van der Waals surface area contributed by atoms with E-state index < -0.39 is 39.4 Å². The number of tetrazole rings is 1. The summed E-state index contributed by atoms with van der Waals surface area (Å²) in [5.74, 6) is -0.910. The number of aromatic nitrogens is 4. The van der Waals surface area contributed by atoms with Gasteiger partial charge in [0.05, 0.1) is 17.0 Å². The molecule has 6 aromatic carbocycles. The molecule has 12 heteroatoms. The number of ether oxygens (including phenoxy) is 1. The van der Waals surface area contributed by atoms with Gasteiger partial charge in [-0.2, -0.15) is 0 Å². The molecule has 12 nitrogen and oxygen atoms in total. The molecule has 0 aliphatic heterocycles. The summed E-state index contributed by atoms with van der Waals surface area (Å²) in [4.78, 5) is 38.4. The molecule has 0 bridgehead atoms. The van der Waals surface area contributed by atoms with Crippen LogP contribution in [0.3, 0.4) is 0 Å². The van der Waals surface area contributed by atoms with E-state index in [2.05, 4.69) is 46.7 Å². The first-order chi connectivity index (χ1) is 27.5. The average molecular weight is 759 g/mol. The Morgan fingerprint density at radius 2 is 1.25 bits per heavy atom. The average Bonchev–Trinajstić information content (AvgIpc) is 3.71. The molecule has 0 aliphatic carbocycles. The van der Waals surface area contributed by atoms with Crippen molar-refractivity contribution < 1.29 is 24.4 Å². The van der Waals surface area contributed by atoms with Crippen molar-refractivity contribution in [2.24, 2.45) is 0 Å². The number of hydrogen-bond acceptors (Lipinski definition) is 8. The lowest BCUT2D eigenvalue weighted by molar-refractivity contribution is -0.384. The third kappa shape index (κ3) is 7.48. The summed E-state index contributed by atoms with van der Waals surface area (Å²) in [5.41, 5.74) is 2.55. The Morgan fingerprint density at radius 1 is 0.719 bits per heavy atom. The number of nitro benzene ring substituents is 1. The first-order valence-corrected chi connectivity index (χ1v) is 18.1. The van der Waals surface area contributed by atoms with E-state index in [0.717, 1.165) is 44.3 Å². The van der Waals surface area contributed by atoms with E-state index in [9.17, 15) is 24.8 Å². The number of carbonyl (C=O) groups excluding carboxylic acids is 1. The van der Waals surface area contributed by atoms with E-state index in [-0.39, 0.29) is 12.2 Å². The van der Waals surface area contributed by atoms with Gasteiger partial charge in [-0.1, -0.05) is 146 Å². The van der Waals surface area contributed by atoms with Gasteiger partial charge in [0.1, 0.15) is 16.8 Å². The molecule has 0 unspecified atom stereocenters. The number of benzene rings is 6. The zero-order valence-corrected chi connectivity index (χ0v) is 31.4. The van der Waals surface area contributed by atoms with Crippen molar-refractivity contribution in [1.82, 2.24) is 20.2 Å². The van der Waals surface area contributed by atoms with Crippen molar-refractivity contribution in [2.45, 2.75) is 38.5 Å². The standard InChI is InChI=1S/C45H38N6O6/c1-44(2,3)57-43(54)49(40-38(42(52)53)24-15-25-39(40)51(55)56)30-31-26-28-32(29-27-31)36-22-13-14-23-37(36)41-46-47-48-50(41)45(33-16-7-4-8-17-33,34-18-9-5-10-19-34)35-20-11-6-12-21-35/h4-29H,30H2,1-3H3,(H,52,53). The third-order valence-electron chi connectivity index (χ3n) is 9.46. The Morgan fingerprint density at radius 3 is 1.75 bits per heavy atom. The highest BCUT2D eigenvalue weighted by atomic mass is 16.6. The normalized spacial score (nSPS) is 11.5. The first-order valence-electron chi connectivity index (χ1n) is 18.1. The zero-order valence-electron chi connectivity index (χ0n) is 31.4. The Bertz CT molecular complexity index is 2410. The molecule has 7 aromatic rings. The van der Waals surface area contributed by atoms with Gasteiger partial charge in [-0.3, -0.25) is 15.0 Å². The summed E-state index contributed by atoms with van der Waals surface area (Å²) in [6.45, 7) is 4.76. The van der Waals surface area contributed by atoms with Gasteiger partial charge in [0.25, 0.3) is 5.69 Å². The molecular formula is C45H38N6O6. The maximum atomic E-state index is 13.7. The van der Waals surface area contributed by atoms with Crippen LogP contribution < -0.4 is 4.90 Å². The summed E-state index contributed by atoms with van der Waals surface area (Å²) in [5, 5.41) is 35.8. The molecule has 0 saturated carbocycles. The van der Waals surface area contributed by atoms with Crippen molar-refractivity contribution in [1.29, 1.82) is 0 Å². The number of carbonyl (C=O) groups is 2. The number of aromatic carboxylic acids is 1. The molecule has 0 radical (unpaired) electrons. The molecule has 1 aromatic heterocycles. The fourth-order valence-corrected chi connectivity index (χ4v) is 7.07. The number of hydrogen-bond donors (Lipinski definition) is 1. The number of carboxylic acid groups (broad SMARTS) is 1. The lowest BCUT2D eigenvalue weighted by Crippen LogP contribution is -2.39. The summed E-state index contributed by atoms with van der Waals surface area (Å²) >= 11 is 0. The van der Waals surface area contributed by atoms with Crippen molar-refractivity contribution in [3.05, 3.63) is 196 Å². The number of nitrogens with zero attached hydrogens (tertiary/aromatic N) is 6. The number of anilines is 1. The van der Waals surface area contributed by atoms with Crippen LogP contribution in [-0.4, -0.2) is 47.9 Å². The first kappa shape index (κ1) is 37.8. The lowest BCUT2D eigenvalue weighted by Gasteiger charge is -2.36. The number of amides is 1. The monoisotopic (exact) mass is 758 g/mol. The van der Waals surface area contributed by atoms with Crippen molar-refractivity contribution >= 4 is 23.4 Å². The van der Waals surface area contributed by atoms with Crippen LogP contribution >= 0.6 is 0 Å². The number of rotatable bonds is 11. The molecule has 57 heavy (non-hydrogen) atoms. The van der Waals surface area contributed by atoms with E-state index >= 15 is 0 Å². The maximum Gasteiger partial charge on any atom is 0.415 e. The zero-order chi connectivity index (χ0) is 40.2. The van der Waals surface area contributed by atoms with Crippen molar-refractivity contribution in [3.8, 4) is 22.5 Å². The van der Waals surface area contributed by atoms with Gasteiger partial charge in [-0.05, 0) is 70.6 Å². The van der Waals surface area contributed by atoms with Crippen LogP contribution in [0, 0.1) is 10.1 Å². The van der Waals surface area contributed by atoms with Gasteiger partial charge >= 0.3 is 12.1 Å². The summed E-state index contributed by atoms with van der Waals surface area (Å²) in [6, 6.07) is 49.1. The van der Waals surface area contributed by atoms with Crippen molar-refractivity contribution in [2.75, 3.05) is 4.90 Å². The van der Waals surface area contributed by atoms with E-state index in [1.54, 1.807) is 32.9 Å². The van der Waals surface area contributed by atoms with E-state index in [1.165, 1.54) is 12.1 Å². The molecule has 0 fully saturated rings. The minimum absolute atomic E-state index is 0.214. The van der Waals surface area contributed by atoms with Gasteiger partial charge in [-0.15, -0.1) is 5.10 Å². The van der Waals surface area contributed by atoms with Crippen molar-refractivity contribution in [3.63, 3.8) is 0 Å². The molecule has 0 spiro atoms. The molecule has 7 rings (SSSR count). The number of carboxylic acids is 1. The van der Waals surface area contributed by atoms with Crippen LogP contribution in [-0.2, 0) is 16.8 Å². The maximum absolute atomic E-state index is 13.7. The summed E-state index contributed by atoms with van der Waals surface area (Å²) in [6.07, 6.45) is -0.931. The smallest absolute Gasteiger partial charge is 0.415 e. The Balaban J connectivity index is 1.33. The molecular weight excluding hydrogens is 721 g/mol. The van der Waals surface area contributed by atoms with Gasteiger partial charge < -0.3 is 9.84 Å². The minimum Gasteiger partial charge on any atom is -0.478 e. The fourth-order valence-electron chi connectivity index (χ4n) is 7.07. The molecule has 1 N–H and O–H groups in total. The number of para-hydroxylation sites is 1. The fraction of sp³-hybridized carbons (Fsp3) is 0.133. The Kier molecular flexibility index (Phi) is 10.4. The van der Waals surface area contributed by atoms with E-state index in [0.29, 0.717) is 11.4 Å². The second kappa shape index (κ2) is 15.7. The molecule has 0 aliphatic rings. The van der Waals surface area contributed by atoms with Crippen LogP contribution in [0.1, 0.15) is 53.4 Å².